The van der Waals surface area contributed by atoms with E-state index in [-0.39, 0.29) is 24.3 Å². The zero-order valence-corrected chi connectivity index (χ0v) is 20.9. The molecular formula is C28H28N6O4. The zero-order chi connectivity index (χ0) is 26.2. The van der Waals surface area contributed by atoms with E-state index in [0.717, 1.165) is 42.7 Å². The standard InChI is InChI=1S/C28H28N6O4/c29-13-18-8-10-33-16-20(30-25(33)11-18)15-32-9-2-1-3-21(32)17-38-22-4-5-23-19(12-22)14-34(28(23)37)24-6-7-26(35)31-27(24)36/h4-5,8,10-12,16,21,24H,1-3,6-7,9,14-15,17H2,(H,31,35,36)/t21-,24?/m0/s1. The maximum atomic E-state index is 12.9. The number of ether oxygens (including phenoxy) is 1. The Morgan fingerprint density at radius 1 is 1.13 bits per heavy atom. The number of nitrogens with one attached hydrogen (secondary N) is 1. The van der Waals surface area contributed by atoms with E-state index in [0.29, 0.717) is 43.0 Å². The highest BCUT2D eigenvalue weighted by Crippen LogP contribution is 2.30. The number of pyridine rings is 1. The number of rotatable bonds is 6. The number of imidazole rings is 1. The Kier molecular flexibility index (Phi) is 6.29. The number of likely N-dealkylation sites (tertiary alicyclic amines) is 1. The lowest BCUT2D eigenvalue weighted by Crippen LogP contribution is -2.52. The molecule has 0 aliphatic carbocycles. The van der Waals surface area contributed by atoms with Crippen LogP contribution in [0.3, 0.4) is 0 Å². The molecule has 10 heteroatoms. The topological polar surface area (TPSA) is 120 Å². The number of aromatic nitrogens is 2. The molecule has 2 atom stereocenters. The Hall–Kier alpha value is -4.23. The molecule has 0 bridgehead atoms. The number of benzene rings is 1. The van der Waals surface area contributed by atoms with E-state index in [2.05, 4.69) is 16.3 Å². The lowest BCUT2D eigenvalue weighted by Gasteiger charge is -2.35. The fraction of sp³-hybridized carbons (Fsp3) is 0.393. The van der Waals surface area contributed by atoms with Crippen LogP contribution in [0.5, 0.6) is 5.75 Å². The van der Waals surface area contributed by atoms with Crippen molar-refractivity contribution in [1.29, 1.82) is 5.26 Å². The summed E-state index contributed by atoms with van der Waals surface area (Å²) in [6, 6.07) is 10.8. The minimum absolute atomic E-state index is 0.186. The number of fused-ring (bicyclic) bond motifs is 2. The third-order valence-electron chi connectivity index (χ3n) is 7.69. The van der Waals surface area contributed by atoms with Gasteiger partial charge in [-0.15, -0.1) is 0 Å². The number of piperidine rings is 2. The fourth-order valence-corrected chi connectivity index (χ4v) is 5.68. The molecular weight excluding hydrogens is 484 g/mol. The number of carbonyl (C=O) groups excluding carboxylic acids is 3. The van der Waals surface area contributed by atoms with E-state index in [9.17, 15) is 14.4 Å². The second-order valence-corrected chi connectivity index (χ2v) is 10.2. The molecule has 3 amide bonds. The Balaban J connectivity index is 1.11. The van der Waals surface area contributed by atoms with Crippen LogP contribution in [0.15, 0.2) is 42.7 Å². The summed E-state index contributed by atoms with van der Waals surface area (Å²) in [7, 11) is 0. The summed E-state index contributed by atoms with van der Waals surface area (Å²) in [5.41, 5.74) is 3.72. The predicted molar refractivity (Wildman–Crippen MR) is 136 cm³/mol. The largest absolute Gasteiger partial charge is 0.492 e. The number of amides is 3. The molecule has 1 unspecified atom stereocenters. The van der Waals surface area contributed by atoms with Gasteiger partial charge in [-0.2, -0.15) is 5.26 Å². The number of nitriles is 1. The van der Waals surface area contributed by atoms with Crippen molar-refractivity contribution >= 4 is 23.4 Å². The molecule has 1 N–H and O–H groups in total. The van der Waals surface area contributed by atoms with Crippen molar-refractivity contribution < 1.29 is 19.1 Å². The van der Waals surface area contributed by atoms with Crippen LogP contribution in [-0.4, -0.2) is 62.1 Å². The first-order valence-electron chi connectivity index (χ1n) is 13.0. The molecule has 10 nitrogen and oxygen atoms in total. The highest BCUT2D eigenvalue weighted by molar-refractivity contribution is 6.05. The SMILES string of the molecule is N#Cc1ccn2cc(CN3CCCC[C@H]3COc3ccc4c(c3)CN(C3CCC(=O)NC3=O)C4=O)nc2c1. The number of hydrogen-bond donors (Lipinski definition) is 1. The van der Waals surface area contributed by atoms with Crippen molar-refractivity contribution in [2.75, 3.05) is 13.2 Å². The van der Waals surface area contributed by atoms with Gasteiger partial charge in [-0.3, -0.25) is 24.6 Å². The van der Waals surface area contributed by atoms with E-state index >= 15 is 0 Å². The summed E-state index contributed by atoms with van der Waals surface area (Å²) < 4.78 is 8.16. The number of imide groups is 1. The molecule has 3 aromatic rings. The molecule has 6 rings (SSSR count). The van der Waals surface area contributed by atoms with Crippen molar-refractivity contribution in [3.05, 3.63) is 65.1 Å². The van der Waals surface area contributed by atoms with Crippen LogP contribution in [0.1, 0.15) is 59.3 Å². The van der Waals surface area contributed by atoms with E-state index < -0.39 is 11.9 Å². The molecule has 0 saturated carbocycles. The molecule has 3 aliphatic heterocycles. The lowest BCUT2D eigenvalue weighted by molar-refractivity contribution is -0.136. The molecule has 2 saturated heterocycles. The quantitative estimate of drug-likeness (QED) is 0.504. The first kappa shape index (κ1) is 24.1. The minimum atomic E-state index is -0.626. The fourth-order valence-electron chi connectivity index (χ4n) is 5.68. The summed E-state index contributed by atoms with van der Waals surface area (Å²) in [4.78, 5) is 45.4. The van der Waals surface area contributed by atoms with Crippen molar-refractivity contribution in [3.63, 3.8) is 0 Å². The average Bonchev–Trinajstić information content (AvgIpc) is 3.47. The molecule has 2 aromatic heterocycles. The van der Waals surface area contributed by atoms with Gasteiger partial charge in [-0.1, -0.05) is 6.42 Å². The summed E-state index contributed by atoms with van der Waals surface area (Å²) in [5.74, 6) is -0.192. The molecule has 5 heterocycles. The van der Waals surface area contributed by atoms with Gasteiger partial charge in [-0.25, -0.2) is 4.98 Å². The maximum Gasteiger partial charge on any atom is 0.255 e. The van der Waals surface area contributed by atoms with E-state index in [1.54, 1.807) is 23.1 Å². The van der Waals surface area contributed by atoms with Gasteiger partial charge in [-0.05, 0) is 61.7 Å². The van der Waals surface area contributed by atoms with Gasteiger partial charge < -0.3 is 14.0 Å². The van der Waals surface area contributed by atoms with Crippen molar-refractivity contribution in [3.8, 4) is 11.8 Å². The second kappa shape index (κ2) is 9.91. The Bertz CT molecular complexity index is 1470. The van der Waals surface area contributed by atoms with Gasteiger partial charge in [0.15, 0.2) is 0 Å². The van der Waals surface area contributed by atoms with Crippen LogP contribution >= 0.6 is 0 Å². The number of carbonyl (C=O) groups is 3. The molecule has 38 heavy (non-hydrogen) atoms. The Morgan fingerprint density at radius 2 is 2.03 bits per heavy atom. The molecule has 0 radical (unpaired) electrons. The van der Waals surface area contributed by atoms with Gasteiger partial charge in [0, 0.05) is 43.5 Å². The van der Waals surface area contributed by atoms with Crippen LogP contribution in [0, 0.1) is 11.3 Å². The minimum Gasteiger partial charge on any atom is -0.492 e. The summed E-state index contributed by atoms with van der Waals surface area (Å²) in [6.07, 6.45) is 7.74. The third kappa shape index (κ3) is 4.61. The van der Waals surface area contributed by atoms with Crippen LogP contribution in [-0.2, 0) is 22.7 Å². The third-order valence-corrected chi connectivity index (χ3v) is 7.69. The summed E-state index contributed by atoms with van der Waals surface area (Å²) in [5, 5.41) is 11.5. The van der Waals surface area contributed by atoms with Gasteiger partial charge in [0.2, 0.25) is 11.8 Å². The van der Waals surface area contributed by atoms with E-state index in [1.165, 1.54) is 0 Å². The Morgan fingerprint density at radius 3 is 2.87 bits per heavy atom. The lowest BCUT2D eigenvalue weighted by atomic mass is 10.0. The van der Waals surface area contributed by atoms with Crippen LogP contribution in [0.25, 0.3) is 5.65 Å². The van der Waals surface area contributed by atoms with Crippen molar-refractivity contribution in [2.45, 2.75) is 57.3 Å². The maximum absolute atomic E-state index is 12.9. The average molecular weight is 513 g/mol. The van der Waals surface area contributed by atoms with Crippen LogP contribution < -0.4 is 10.1 Å². The number of nitrogens with zero attached hydrogens (tertiary/aromatic N) is 5. The summed E-state index contributed by atoms with van der Waals surface area (Å²) >= 11 is 0. The monoisotopic (exact) mass is 512 g/mol. The smallest absolute Gasteiger partial charge is 0.255 e. The van der Waals surface area contributed by atoms with Gasteiger partial charge in [0.25, 0.3) is 5.91 Å². The van der Waals surface area contributed by atoms with Crippen LogP contribution in [0.2, 0.25) is 0 Å². The van der Waals surface area contributed by atoms with Gasteiger partial charge in [0.1, 0.15) is 24.0 Å². The van der Waals surface area contributed by atoms with Crippen molar-refractivity contribution in [1.82, 2.24) is 24.5 Å². The zero-order valence-electron chi connectivity index (χ0n) is 20.9. The number of hydrogen-bond acceptors (Lipinski definition) is 7. The van der Waals surface area contributed by atoms with Crippen molar-refractivity contribution in [2.24, 2.45) is 0 Å². The Labute approximate surface area is 219 Å². The van der Waals surface area contributed by atoms with E-state index in [4.69, 9.17) is 15.0 Å². The van der Waals surface area contributed by atoms with E-state index in [1.807, 2.05) is 28.9 Å². The second-order valence-electron chi connectivity index (χ2n) is 10.2. The molecule has 3 aliphatic rings. The van der Waals surface area contributed by atoms with Gasteiger partial charge in [0.05, 0.1) is 17.3 Å². The molecule has 2 fully saturated rings. The normalized spacial score (nSPS) is 21.9. The first-order chi connectivity index (χ1) is 18.5. The van der Waals surface area contributed by atoms with Crippen LogP contribution in [0.4, 0.5) is 0 Å². The molecule has 1 aromatic carbocycles. The predicted octanol–water partition coefficient (Wildman–Crippen LogP) is 2.40. The molecule has 194 valence electrons. The molecule has 0 spiro atoms. The highest BCUT2D eigenvalue weighted by Gasteiger charge is 2.39. The first-order valence-corrected chi connectivity index (χ1v) is 13.0. The van der Waals surface area contributed by atoms with Gasteiger partial charge >= 0.3 is 0 Å². The summed E-state index contributed by atoms with van der Waals surface area (Å²) in [6.45, 7) is 2.52. The highest BCUT2D eigenvalue weighted by atomic mass is 16.5.